The molecule has 1 saturated heterocycles. The molecule has 2 amide bonds. The minimum atomic E-state index is -0.508. The molecule has 0 spiro atoms. The minimum Gasteiger partial charge on any atom is -0.490 e. The van der Waals surface area contributed by atoms with Crippen LogP contribution in [0.5, 0.6) is 11.5 Å². The van der Waals surface area contributed by atoms with E-state index >= 15 is 0 Å². The maximum Gasteiger partial charge on any atom is 0.343 e. The zero-order chi connectivity index (χ0) is 23.3. The summed E-state index contributed by atoms with van der Waals surface area (Å²) in [4.78, 5) is 38.4. The van der Waals surface area contributed by atoms with E-state index in [1.54, 1.807) is 18.2 Å². The second-order valence-corrected chi connectivity index (χ2v) is 9.50. The first-order valence-corrected chi connectivity index (χ1v) is 12.2. The molecule has 32 heavy (non-hydrogen) atoms. The summed E-state index contributed by atoms with van der Waals surface area (Å²) in [6.07, 6.45) is 1.65. The third-order valence-electron chi connectivity index (χ3n) is 4.35. The van der Waals surface area contributed by atoms with Gasteiger partial charge >= 0.3 is 5.97 Å². The van der Waals surface area contributed by atoms with Crippen molar-refractivity contribution in [3.63, 3.8) is 0 Å². The number of hydrogen-bond donors (Lipinski definition) is 0. The fraction of sp³-hybridized carbons (Fsp3) is 0.227. The average molecular weight is 632 g/mol. The van der Waals surface area contributed by atoms with Gasteiger partial charge in [-0.1, -0.05) is 34.1 Å². The van der Waals surface area contributed by atoms with Gasteiger partial charge in [0.25, 0.3) is 11.1 Å². The Labute approximate surface area is 211 Å². The maximum atomic E-state index is 12.9. The molecule has 0 bridgehead atoms. The van der Waals surface area contributed by atoms with E-state index in [2.05, 4.69) is 43.3 Å². The predicted molar refractivity (Wildman–Crippen MR) is 133 cm³/mol. The van der Waals surface area contributed by atoms with Crippen molar-refractivity contribution >= 4 is 73.5 Å². The van der Waals surface area contributed by atoms with Gasteiger partial charge in [0.05, 0.1) is 28.7 Å². The Kier molecular flexibility index (Phi) is 8.60. The number of amides is 2. The second kappa shape index (κ2) is 11.2. The third-order valence-corrected chi connectivity index (χ3v) is 6.83. The highest BCUT2D eigenvalue weighted by Crippen LogP contribution is 2.38. The van der Waals surface area contributed by atoms with Crippen LogP contribution in [0.25, 0.3) is 6.08 Å². The van der Waals surface area contributed by atoms with E-state index in [4.69, 9.17) is 9.47 Å². The molecule has 1 heterocycles. The van der Waals surface area contributed by atoms with E-state index in [1.165, 1.54) is 12.0 Å². The molecule has 1 aliphatic heterocycles. The summed E-state index contributed by atoms with van der Waals surface area (Å²) in [5.41, 5.74) is 1.52. The molecule has 10 heteroatoms. The first-order valence-electron chi connectivity index (χ1n) is 9.48. The summed E-state index contributed by atoms with van der Waals surface area (Å²) in [5, 5.41) is -0.324. The second-order valence-electron chi connectivity index (χ2n) is 6.49. The smallest absolute Gasteiger partial charge is 0.343 e. The van der Waals surface area contributed by atoms with E-state index < -0.39 is 5.97 Å². The first kappa shape index (κ1) is 24.6. The van der Waals surface area contributed by atoms with E-state index in [1.807, 2.05) is 31.2 Å². The maximum absolute atomic E-state index is 12.9. The summed E-state index contributed by atoms with van der Waals surface area (Å²) in [6, 6.07) is 11.0. The van der Waals surface area contributed by atoms with Crippen LogP contribution < -0.4 is 9.47 Å². The van der Waals surface area contributed by atoms with Crippen molar-refractivity contribution in [2.75, 3.05) is 20.3 Å². The Morgan fingerprint density at radius 3 is 2.66 bits per heavy atom. The van der Waals surface area contributed by atoms with Gasteiger partial charge in [0.15, 0.2) is 18.1 Å². The average Bonchev–Trinajstić information content (AvgIpc) is 3.02. The van der Waals surface area contributed by atoms with Gasteiger partial charge in [0.2, 0.25) is 0 Å². The number of thioether (sulfide) groups is 1. The molecule has 3 rings (SSSR count). The van der Waals surface area contributed by atoms with Gasteiger partial charge in [-0.3, -0.25) is 14.5 Å². The van der Waals surface area contributed by atoms with Crippen LogP contribution in [0.1, 0.15) is 18.1 Å². The van der Waals surface area contributed by atoms with Gasteiger partial charge < -0.3 is 14.2 Å². The summed E-state index contributed by atoms with van der Waals surface area (Å²) in [6.45, 7) is 2.15. The van der Waals surface area contributed by atoms with E-state index in [-0.39, 0.29) is 24.3 Å². The predicted octanol–water partition coefficient (Wildman–Crippen LogP) is 5.24. The van der Waals surface area contributed by atoms with Gasteiger partial charge in [-0.2, -0.15) is 0 Å². The van der Waals surface area contributed by atoms with Crippen LogP contribution in [0.2, 0.25) is 0 Å². The number of halogens is 2. The quantitative estimate of drug-likeness (QED) is 0.224. The van der Waals surface area contributed by atoms with Crippen LogP contribution in [0, 0.1) is 3.57 Å². The molecule has 0 atom stereocenters. The summed E-state index contributed by atoms with van der Waals surface area (Å²) in [7, 11) is 1.28. The molecule has 0 saturated carbocycles. The highest BCUT2D eigenvalue weighted by molar-refractivity contribution is 14.1. The molecule has 0 unspecified atom stereocenters. The lowest BCUT2D eigenvalue weighted by Crippen LogP contribution is -2.27. The fourth-order valence-electron chi connectivity index (χ4n) is 2.85. The van der Waals surface area contributed by atoms with E-state index in [9.17, 15) is 14.4 Å². The highest BCUT2D eigenvalue weighted by atomic mass is 127. The Morgan fingerprint density at radius 2 is 1.97 bits per heavy atom. The van der Waals surface area contributed by atoms with Crippen molar-refractivity contribution in [3.8, 4) is 11.5 Å². The van der Waals surface area contributed by atoms with Crippen LogP contribution in [-0.2, 0) is 20.9 Å². The van der Waals surface area contributed by atoms with Gasteiger partial charge in [-0.15, -0.1) is 0 Å². The molecule has 0 aliphatic carbocycles. The number of carbonyl (C=O) groups is 3. The molecule has 0 radical (unpaired) electrons. The van der Waals surface area contributed by atoms with Crippen molar-refractivity contribution in [2.45, 2.75) is 13.5 Å². The molecule has 0 aromatic heterocycles. The molecule has 1 fully saturated rings. The molecule has 1 aliphatic rings. The van der Waals surface area contributed by atoms with Crippen molar-refractivity contribution < 1.29 is 28.6 Å². The Bertz CT molecular complexity index is 1090. The zero-order valence-electron chi connectivity index (χ0n) is 17.2. The first-order chi connectivity index (χ1) is 15.3. The van der Waals surface area contributed by atoms with E-state index in [0.717, 1.165) is 21.8 Å². The van der Waals surface area contributed by atoms with Crippen molar-refractivity contribution in [3.05, 3.63) is 60.5 Å². The lowest BCUT2D eigenvalue weighted by atomic mass is 10.1. The lowest BCUT2D eigenvalue weighted by Gasteiger charge is -2.14. The largest absolute Gasteiger partial charge is 0.490 e. The number of imide groups is 1. The number of esters is 1. The summed E-state index contributed by atoms with van der Waals surface area (Å²) < 4.78 is 17.4. The molecule has 2 aromatic rings. The molecule has 7 nitrogen and oxygen atoms in total. The van der Waals surface area contributed by atoms with Crippen molar-refractivity contribution in [1.82, 2.24) is 4.90 Å². The monoisotopic (exact) mass is 631 g/mol. The van der Waals surface area contributed by atoms with Gasteiger partial charge in [-0.05, 0) is 76.7 Å². The van der Waals surface area contributed by atoms with Crippen LogP contribution in [0.4, 0.5) is 4.79 Å². The van der Waals surface area contributed by atoms with Gasteiger partial charge in [-0.25, -0.2) is 4.79 Å². The normalized spacial score (nSPS) is 14.8. The van der Waals surface area contributed by atoms with E-state index in [0.29, 0.717) is 32.1 Å². The SMILES string of the molecule is CCOc1cc(/C=C2\SC(=O)N(Cc3ccccc3Br)C2=O)cc(I)c1OCC(=O)OC. The highest BCUT2D eigenvalue weighted by Gasteiger charge is 2.35. The molecular formula is C22H19BrINO6S. The standard InChI is InChI=1S/C22H19BrINO6S/c1-3-30-17-9-13(8-16(24)20(17)31-12-19(26)29-2)10-18-21(27)25(22(28)32-18)11-14-6-4-5-7-15(14)23/h4-10H,3,11-12H2,1-2H3/b18-10-. The van der Waals surface area contributed by atoms with Crippen molar-refractivity contribution in [2.24, 2.45) is 0 Å². The van der Waals surface area contributed by atoms with Crippen LogP contribution in [-0.4, -0.2) is 42.3 Å². The third kappa shape index (κ3) is 5.84. The number of nitrogens with zero attached hydrogens (tertiary/aromatic N) is 1. The number of ether oxygens (including phenoxy) is 3. The van der Waals surface area contributed by atoms with Crippen LogP contribution >= 0.6 is 50.3 Å². The number of hydrogen-bond acceptors (Lipinski definition) is 7. The summed E-state index contributed by atoms with van der Waals surface area (Å²) >= 11 is 6.41. The number of benzene rings is 2. The topological polar surface area (TPSA) is 82.1 Å². The number of rotatable bonds is 8. The number of carbonyl (C=O) groups excluding carboxylic acids is 3. The van der Waals surface area contributed by atoms with Crippen molar-refractivity contribution in [1.29, 1.82) is 0 Å². The van der Waals surface area contributed by atoms with Crippen LogP contribution in [0.3, 0.4) is 0 Å². The van der Waals surface area contributed by atoms with Gasteiger partial charge in [0, 0.05) is 4.47 Å². The summed E-state index contributed by atoms with van der Waals surface area (Å²) in [5.74, 6) is -0.0141. The molecular weight excluding hydrogens is 613 g/mol. The molecule has 2 aromatic carbocycles. The molecule has 0 N–H and O–H groups in total. The van der Waals surface area contributed by atoms with Crippen LogP contribution in [0.15, 0.2) is 45.8 Å². The number of methoxy groups -OCH3 is 1. The Hall–Kier alpha value is -2.05. The fourth-order valence-corrected chi connectivity index (χ4v) is 4.88. The Morgan fingerprint density at radius 1 is 1.22 bits per heavy atom. The lowest BCUT2D eigenvalue weighted by molar-refractivity contribution is -0.143. The van der Waals surface area contributed by atoms with Gasteiger partial charge in [0.1, 0.15) is 0 Å². The Balaban J connectivity index is 1.85. The minimum absolute atomic E-state index is 0.186. The molecule has 168 valence electrons. The zero-order valence-corrected chi connectivity index (χ0v) is 21.8.